The van der Waals surface area contributed by atoms with E-state index in [-0.39, 0.29) is 31.1 Å². The van der Waals surface area contributed by atoms with Gasteiger partial charge in [-0.25, -0.2) is 8.78 Å². The normalized spacial score (nSPS) is 15.7. The van der Waals surface area contributed by atoms with Crippen LogP contribution in [0.4, 0.5) is 28.9 Å². The Morgan fingerprint density at radius 1 is 1.21 bits per heavy atom. The lowest BCUT2D eigenvalue weighted by atomic mass is 10.1. The molecule has 4 N–H and O–H groups in total. The molecule has 0 aliphatic carbocycles. The van der Waals surface area contributed by atoms with Gasteiger partial charge in [-0.15, -0.1) is 0 Å². The zero-order valence-corrected chi connectivity index (χ0v) is 14.5. The van der Waals surface area contributed by atoms with Gasteiger partial charge in [-0.1, -0.05) is 0 Å². The molecule has 1 heterocycles. The number of hydrogen-bond acceptors (Lipinski definition) is 5. The molecule has 1 atom stereocenters. The predicted octanol–water partition coefficient (Wildman–Crippen LogP) is 0.634. The second kappa shape index (κ2) is 9.46. The van der Waals surface area contributed by atoms with Crippen LogP contribution < -0.4 is 21.3 Å². The molecule has 0 aromatic heterocycles. The molecule has 2 rings (SSSR count). The van der Waals surface area contributed by atoms with Crippen molar-refractivity contribution in [1.29, 1.82) is 0 Å². The number of halogens is 4. The van der Waals surface area contributed by atoms with E-state index in [9.17, 15) is 31.9 Å². The maximum Gasteiger partial charge on any atom is 0.315 e. The van der Waals surface area contributed by atoms with Gasteiger partial charge >= 0.3 is 6.43 Å². The van der Waals surface area contributed by atoms with Crippen molar-refractivity contribution in [2.45, 2.75) is 18.9 Å². The Hall–Kier alpha value is -2.73. The van der Waals surface area contributed by atoms with E-state index in [1.165, 1.54) is 11.0 Å². The monoisotopic (exact) mass is 406 g/mol. The Balaban J connectivity index is 2.21. The van der Waals surface area contributed by atoms with Crippen LogP contribution in [0.1, 0.15) is 12.0 Å². The summed E-state index contributed by atoms with van der Waals surface area (Å²) in [5, 5.41) is 3.87. The maximum absolute atomic E-state index is 13.4. The number of nitrogens with one attached hydrogen (secondary N) is 2. The molecule has 0 bridgehead atoms. The van der Waals surface area contributed by atoms with Crippen molar-refractivity contribution >= 4 is 29.1 Å². The zero-order valence-electron chi connectivity index (χ0n) is 14.5. The van der Waals surface area contributed by atoms with Crippen molar-refractivity contribution in [2.75, 3.05) is 36.5 Å². The number of morpholine rings is 1. The van der Waals surface area contributed by atoms with Gasteiger partial charge in [0.25, 0.3) is 18.2 Å². The number of ether oxygens (including phenoxy) is 1. The first kappa shape index (κ1) is 21.6. The summed E-state index contributed by atoms with van der Waals surface area (Å²) in [6.07, 6.45) is -6.36. The van der Waals surface area contributed by atoms with Gasteiger partial charge in [-0.05, 0) is 18.2 Å². The van der Waals surface area contributed by atoms with Crippen LogP contribution in [0.25, 0.3) is 0 Å². The standard InChI is InChI=1S/C16H18F4N4O4/c17-13(18)9-5-8(24-3-4-28-7-12(24)25)1-2-10(9)22-15(26)11(6-21)23-16(27)14(19)20/h1-2,5,11,13-14H,3-4,6-7,21H2,(H,22,26)(H,23,27)/t11-/m1/s1. The second-order valence-corrected chi connectivity index (χ2v) is 5.76. The summed E-state index contributed by atoms with van der Waals surface area (Å²) in [6.45, 7) is -0.266. The molecular weight excluding hydrogens is 388 g/mol. The summed E-state index contributed by atoms with van der Waals surface area (Å²) < 4.78 is 56.5. The Labute approximate surface area is 157 Å². The van der Waals surface area contributed by atoms with Gasteiger partial charge in [0.05, 0.1) is 6.61 Å². The van der Waals surface area contributed by atoms with Gasteiger partial charge in [-0.2, -0.15) is 8.78 Å². The smallest absolute Gasteiger partial charge is 0.315 e. The molecule has 12 heteroatoms. The minimum Gasteiger partial charge on any atom is -0.370 e. The van der Waals surface area contributed by atoms with Crippen molar-refractivity contribution in [1.82, 2.24) is 5.32 Å². The zero-order chi connectivity index (χ0) is 20.8. The van der Waals surface area contributed by atoms with E-state index in [4.69, 9.17) is 10.5 Å². The molecule has 154 valence electrons. The number of amides is 3. The first-order valence-corrected chi connectivity index (χ1v) is 8.14. The molecule has 1 aromatic carbocycles. The second-order valence-electron chi connectivity index (χ2n) is 5.76. The minimum absolute atomic E-state index is 0.176. The largest absolute Gasteiger partial charge is 0.370 e. The van der Waals surface area contributed by atoms with Gasteiger partial charge in [0.15, 0.2) is 0 Å². The lowest BCUT2D eigenvalue weighted by molar-refractivity contribution is -0.134. The van der Waals surface area contributed by atoms with Crippen molar-refractivity contribution in [3.8, 4) is 0 Å². The van der Waals surface area contributed by atoms with E-state index < -0.39 is 48.7 Å². The first-order chi connectivity index (χ1) is 13.2. The van der Waals surface area contributed by atoms with Crippen LogP contribution in [0, 0.1) is 0 Å². The molecule has 28 heavy (non-hydrogen) atoms. The fraction of sp³-hybridized carbons (Fsp3) is 0.438. The fourth-order valence-electron chi connectivity index (χ4n) is 2.49. The highest BCUT2D eigenvalue weighted by Crippen LogP contribution is 2.32. The van der Waals surface area contributed by atoms with Gasteiger partial charge in [-0.3, -0.25) is 14.4 Å². The van der Waals surface area contributed by atoms with Crippen molar-refractivity contribution in [3.63, 3.8) is 0 Å². The summed E-state index contributed by atoms with van der Waals surface area (Å²) in [4.78, 5) is 36.3. The number of nitrogens with two attached hydrogens (primary N) is 1. The SMILES string of the molecule is NC[C@@H](NC(=O)C(F)F)C(=O)Nc1ccc(N2CCOCC2=O)cc1C(F)F. The van der Waals surface area contributed by atoms with Crippen LogP contribution in [0.3, 0.4) is 0 Å². The molecule has 8 nitrogen and oxygen atoms in total. The Morgan fingerprint density at radius 3 is 2.50 bits per heavy atom. The van der Waals surface area contributed by atoms with Crippen LogP contribution >= 0.6 is 0 Å². The van der Waals surface area contributed by atoms with Crippen LogP contribution in [-0.2, 0) is 19.1 Å². The Kier molecular flexibility index (Phi) is 7.29. The number of hydrogen-bond donors (Lipinski definition) is 3. The van der Waals surface area contributed by atoms with Crippen molar-refractivity contribution < 1.29 is 36.7 Å². The number of benzene rings is 1. The predicted molar refractivity (Wildman–Crippen MR) is 90.2 cm³/mol. The molecule has 0 unspecified atom stereocenters. The van der Waals surface area contributed by atoms with E-state index >= 15 is 0 Å². The number of alkyl halides is 4. The molecule has 0 radical (unpaired) electrons. The number of anilines is 2. The maximum atomic E-state index is 13.4. The third-order valence-electron chi connectivity index (χ3n) is 3.89. The average molecular weight is 406 g/mol. The lowest BCUT2D eigenvalue weighted by Crippen LogP contribution is -2.50. The highest BCUT2D eigenvalue weighted by molar-refractivity contribution is 5.99. The minimum atomic E-state index is -3.36. The van der Waals surface area contributed by atoms with Gasteiger partial charge in [0, 0.05) is 30.0 Å². The molecule has 1 saturated heterocycles. The summed E-state index contributed by atoms with van der Waals surface area (Å²) in [5.41, 5.74) is 4.60. The van der Waals surface area contributed by atoms with Crippen molar-refractivity contribution in [3.05, 3.63) is 23.8 Å². The van der Waals surface area contributed by atoms with E-state index in [0.717, 1.165) is 12.1 Å². The third-order valence-corrected chi connectivity index (χ3v) is 3.89. The van der Waals surface area contributed by atoms with Crippen LogP contribution in [-0.4, -0.2) is 56.5 Å². The van der Waals surface area contributed by atoms with E-state index in [0.29, 0.717) is 0 Å². The quantitative estimate of drug-likeness (QED) is 0.575. The van der Waals surface area contributed by atoms with Gasteiger partial charge in [0.2, 0.25) is 5.91 Å². The van der Waals surface area contributed by atoms with Crippen LogP contribution in [0.15, 0.2) is 18.2 Å². The molecule has 0 spiro atoms. The third kappa shape index (κ3) is 5.16. The fourth-order valence-corrected chi connectivity index (χ4v) is 2.49. The Bertz CT molecular complexity index is 747. The highest BCUT2D eigenvalue weighted by Gasteiger charge is 2.27. The van der Waals surface area contributed by atoms with Gasteiger partial charge < -0.3 is 26.0 Å². The molecule has 1 fully saturated rings. The molecule has 0 saturated carbocycles. The summed E-state index contributed by atoms with van der Waals surface area (Å²) >= 11 is 0. The number of carbonyl (C=O) groups excluding carboxylic acids is 3. The molecule has 1 aliphatic rings. The Morgan fingerprint density at radius 2 is 1.93 bits per heavy atom. The molecule has 3 amide bonds. The van der Waals surface area contributed by atoms with Gasteiger partial charge in [0.1, 0.15) is 12.6 Å². The molecule has 1 aromatic rings. The highest BCUT2D eigenvalue weighted by atomic mass is 19.3. The topological polar surface area (TPSA) is 114 Å². The van der Waals surface area contributed by atoms with E-state index in [2.05, 4.69) is 5.32 Å². The molecular formula is C16H18F4N4O4. The molecule has 1 aliphatic heterocycles. The van der Waals surface area contributed by atoms with E-state index in [1.54, 1.807) is 5.32 Å². The average Bonchev–Trinajstić information content (AvgIpc) is 2.66. The summed E-state index contributed by atoms with van der Waals surface area (Å²) in [6, 6.07) is 2.01. The number of nitrogens with zero attached hydrogens (tertiary/aromatic N) is 1. The van der Waals surface area contributed by atoms with E-state index in [1.807, 2.05) is 0 Å². The van der Waals surface area contributed by atoms with Crippen molar-refractivity contribution in [2.24, 2.45) is 5.73 Å². The summed E-state index contributed by atoms with van der Waals surface area (Å²) in [5.74, 6) is -3.14. The number of carbonyl (C=O) groups is 3. The lowest BCUT2D eigenvalue weighted by Gasteiger charge is -2.27. The van der Waals surface area contributed by atoms with Crippen LogP contribution in [0.2, 0.25) is 0 Å². The van der Waals surface area contributed by atoms with Crippen LogP contribution in [0.5, 0.6) is 0 Å². The number of rotatable bonds is 7. The summed E-state index contributed by atoms with van der Waals surface area (Å²) in [7, 11) is 0. The first-order valence-electron chi connectivity index (χ1n) is 8.14.